The molecule has 4 saturated heterocycles. The SMILES string of the molecule is C=CCCC(=O)N[C@H](COC)[C@H](OC(=O)[C@@H]1[C@@H]2CC[C@]3(O2)[C@H](C(=O)N(CC=C)CCN2CCOCC2)N([C@@H](CO)Cc2ccccc2)C(=O)[C@@H]13)c1ccccc1. The van der Waals surface area contributed by atoms with Gasteiger partial charge in [-0.25, -0.2) is 0 Å². The third-order valence-electron chi connectivity index (χ3n) is 11.6. The van der Waals surface area contributed by atoms with Crippen LogP contribution in [0.15, 0.2) is 86.0 Å². The lowest BCUT2D eigenvalue weighted by Crippen LogP contribution is -2.59. The third-order valence-corrected chi connectivity index (χ3v) is 11.6. The summed E-state index contributed by atoms with van der Waals surface area (Å²) >= 11 is 0. The van der Waals surface area contributed by atoms with Crippen LogP contribution in [0.3, 0.4) is 0 Å². The first-order chi connectivity index (χ1) is 27.3. The first kappa shape index (κ1) is 41.2. The molecule has 4 heterocycles. The molecule has 0 aliphatic carbocycles. The number of methoxy groups -OCH3 is 1. The standard InChI is InChI=1S/C43H56N4O9/c1-4-6-17-35(49)44-33(29-53-3)38(31-15-11-8-12-16-31)55-42(52)36-34-18-19-43(56-34)37(36)40(50)47(32(28-48)27-30-13-9-7-10-14-30)39(43)41(51)46(20-5-2)22-21-45-23-25-54-26-24-45/h4-5,7-16,32-34,36-39,48H,1-2,6,17-29H2,3H3,(H,44,49)/t32-,33-,34+,36-,37-,38-,39+,43-/m1/s1. The van der Waals surface area contributed by atoms with E-state index in [9.17, 15) is 14.7 Å². The number of nitrogens with one attached hydrogen (secondary N) is 1. The zero-order valence-electron chi connectivity index (χ0n) is 32.3. The Bertz CT molecular complexity index is 1670. The lowest BCUT2D eigenvalue weighted by Gasteiger charge is -2.40. The van der Waals surface area contributed by atoms with Gasteiger partial charge in [0.05, 0.1) is 56.5 Å². The van der Waals surface area contributed by atoms with Crippen LogP contribution < -0.4 is 5.32 Å². The van der Waals surface area contributed by atoms with Gasteiger partial charge in [0.15, 0.2) is 0 Å². The van der Waals surface area contributed by atoms with E-state index < -0.39 is 66.3 Å². The highest BCUT2D eigenvalue weighted by atomic mass is 16.6. The second-order valence-corrected chi connectivity index (χ2v) is 15.1. The molecule has 0 saturated carbocycles. The number of fused-ring (bicyclic) bond motifs is 1. The minimum atomic E-state index is -1.32. The highest BCUT2D eigenvalue weighted by Crippen LogP contribution is 2.59. The van der Waals surface area contributed by atoms with E-state index in [1.54, 1.807) is 17.1 Å². The van der Waals surface area contributed by atoms with Crippen LogP contribution in [0.5, 0.6) is 0 Å². The van der Waals surface area contributed by atoms with Crippen molar-refractivity contribution in [2.24, 2.45) is 11.8 Å². The molecule has 0 radical (unpaired) electrons. The summed E-state index contributed by atoms with van der Waals surface area (Å²) in [6.45, 7) is 11.3. The molecular weight excluding hydrogens is 716 g/mol. The van der Waals surface area contributed by atoms with Crippen molar-refractivity contribution in [2.45, 2.75) is 68.0 Å². The predicted molar refractivity (Wildman–Crippen MR) is 208 cm³/mol. The summed E-state index contributed by atoms with van der Waals surface area (Å²) in [6.07, 6.45) is 3.50. The van der Waals surface area contributed by atoms with Crippen LogP contribution in [0.25, 0.3) is 0 Å². The van der Waals surface area contributed by atoms with E-state index in [1.165, 1.54) is 12.0 Å². The Kier molecular flexibility index (Phi) is 14.1. The second kappa shape index (κ2) is 19.2. The number of hydrogen-bond acceptors (Lipinski definition) is 10. The Morgan fingerprint density at radius 3 is 2.45 bits per heavy atom. The van der Waals surface area contributed by atoms with Crippen molar-refractivity contribution in [2.75, 3.05) is 66.3 Å². The van der Waals surface area contributed by atoms with E-state index >= 15 is 9.59 Å². The smallest absolute Gasteiger partial charge is 0.313 e. The highest BCUT2D eigenvalue weighted by Gasteiger charge is 2.75. The fraction of sp³-hybridized carbons (Fsp3) is 0.535. The Hall–Kier alpha value is -4.40. The Labute approximate surface area is 329 Å². The normalized spacial score (nSPS) is 25.9. The number of amides is 3. The lowest BCUT2D eigenvalue weighted by molar-refractivity contribution is -0.163. The van der Waals surface area contributed by atoms with Gasteiger partial charge >= 0.3 is 5.97 Å². The van der Waals surface area contributed by atoms with Crippen molar-refractivity contribution < 1.29 is 43.2 Å². The molecule has 1 spiro atoms. The average molecular weight is 773 g/mol. The Balaban J connectivity index is 1.34. The minimum Gasteiger partial charge on any atom is -0.455 e. The molecule has 2 aromatic rings. The zero-order chi connectivity index (χ0) is 39.7. The predicted octanol–water partition coefficient (Wildman–Crippen LogP) is 2.69. The summed E-state index contributed by atoms with van der Waals surface area (Å²) in [6, 6.07) is 16.0. The van der Waals surface area contributed by atoms with Crippen LogP contribution >= 0.6 is 0 Å². The van der Waals surface area contributed by atoms with Crippen LogP contribution in [0.1, 0.15) is 42.9 Å². The van der Waals surface area contributed by atoms with Crippen LogP contribution in [0.4, 0.5) is 0 Å². The fourth-order valence-electron chi connectivity index (χ4n) is 9.00. The van der Waals surface area contributed by atoms with Crippen LogP contribution in [0.2, 0.25) is 0 Å². The third kappa shape index (κ3) is 8.77. The summed E-state index contributed by atoms with van der Waals surface area (Å²) in [4.78, 5) is 63.2. The van der Waals surface area contributed by atoms with Gasteiger partial charge in [-0.3, -0.25) is 24.1 Å². The molecule has 4 aliphatic rings. The van der Waals surface area contributed by atoms with Crippen molar-refractivity contribution in [3.63, 3.8) is 0 Å². The number of carbonyl (C=O) groups is 4. The van der Waals surface area contributed by atoms with Gasteiger partial charge in [-0.15, -0.1) is 13.2 Å². The van der Waals surface area contributed by atoms with Gasteiger partial charge < -0.3 is 39.2 Å². The number of hydrogen-bond donors (Lipinski definition) is 2. The summed E-state index contributed by atoms with van der Waals surface area (Å²) in [5.74, 6) is -3.69. The molecule has 302 valence electrons. The molecule has 3 amide bonds. The van der Waals surface area contributed by atoms with Crippen molar-refractivity contribution in [1.29, 1.82) is 0 Å². The fourth-order valence-corrected chi connectivity index (χ4v) is 9.00. The van der Waals surface area contributed by atoms with E-state index in [-0.39, 0.29) is 31.4 Å². The Morgan fingerprint density at radius 1 is 1.07 bits per heavy atom. The molecule has 8 atom stereocenters. The highest BCUT2D eigenvalue weighted by molar-refractivity contribution is 5.98. The van der Waals surface area contributed by atoms with Gasteiger partial charge in [-0.05, 0) is 36.8 Å². The maximum atomic E-state index is 15.0. The van der Waals surface area contributed by atoms with Gasteiger partial charge in [0.1, 0.15) is 17.7 Å². The number of ether oxygens (including phenoxy) is 4. The summed E-state index contributed by atoms with van der Waals surface area (Å²) in [5.41, 5.74) is 0.209. The van der Waals surface area contributed by atoms with Gasteiger partial charge in [-0.2, -0.15) is 0 Å². The topological polar surface area (TPSA) is 147 Å². The first-order valence-corrected chi connectivity index (χ1v) is 19.8. The lowest BCUT2D eigenvalue weighted by atomic mass is 9.70. The molecule has 4 aliphatic heterocycles. The second-order valence-electron chi connectivity index (χ2n) is 15.1. The quantitative estimate of drug-likeness (QED) is 0.152. The number of aliphatic hydroxyl groups excluding tert-OH is 1. The summed E-state index contributed by atoms with van der Waals surface area (Å²) in [7, 11) is 1.51. The molecule has 2 aromatic carbocycles. The molecule has 0 aromatic heterocycles. The minimum absolute atomic E-state index is 0.0508. The molecule has 2 bridgehead atoms. The van der Waals surface area contributed by atoms with Crippen molar-refractivity contribution in [1.82, 2.24) is 20.0 Å². The van der Waals surface area contributed by atoms with E-state index in [2.05, 4.69) is 23.4 Å². The molecule has 2 N–H and O–H groups in total. The van der Waals surface area contributed by atoms with Gasteiger partial charge in [0.25, 0.3) is 0 Å². The number of carbonyl (C=O) groups excluding carboxylic acids is 4. The number of aliphatic hydroxyl groups is 1. The van der Waals surface area contributed by atoms with Crippen molar-refractivity contribution >= 4 is 23.7 Å². The molecule has 13 heteroatoms. The molecule has 6 rings (SSSR count). The monoisotopic (exact) mass is 772 g/mol. The largest absolute Gasteiger partial charge is 0.455 e. The van der Waals surface area contributed by atoms with E-state index in [0.29, 0.717) is 57.6 Å². The van der Waals surface area contributed by atoms with Crippen LogP contribution in [0, 0.1) is 11.8 Å². The van der Waals surface area contributed by atoms with Gasteiger partial charge in [-0.1, -0.05) is 72.8 Å². The Morgan fingerprint density at radius 2 is 1.79 bits per heavy atom. The average Bonchev–Trinajstić information content (AvgIpc) is 3.87. The molecule has 4 fully saturated rings. The van der Waals surface area contributed by atoms with Crippen LogP contribution in [-0.4, -0.2) is 140 Å². The molecule has 0 unspecified atom stereocenters. The number of likely N-dealkylation sites (tertiary alicyclic amines) is 1. The van der Waals surface area contributed by atoms with E-state index in [4.69, 9.17) is 18.9 Å². The number of nitrogens with zero attached hydrogens (tertiary/aromatic N) is 3. The maximum Gasteiger partial charge on any atom is 0.313 e. The molecule has 13 nitrogen and oxygen atoms in total. The molecular formula is C43H56N4O9. The van der Waals surface area contributed by atoms with Crippen LogP contribution in [-0.2, 0) is 44.5 Å². The first-order valence-electron chi connectivity index (χ1n) is 19.8. The van der Waals surface area contributed by atoms with E-state index in [0.717, 1.165) is 18.7 Å². The van der Waals surface area contributed by atoms with Gasteiger partial charge in [0.2, 0.25) is 17.7 Å². The maximum absolute atomic E-state index is 15.0. The zero-order valence-corrected chi connectivity index (χ0v) is 32.3. The van der Waals surface area contributed by atoms with Crippen molar-refractivity contribution in [3.8, 4) is 0 Å². The molecule has 56 heavy (non-hydrogen) atoms. The number of allylic oxidation sites excluding steroid dienone is 1. The van der Waals surface area contributed by atoms with E-state index in [1.807, 2.05) is 60.7 Å². The number of esters is 1. The summed E-state index contributed by atoms with van der Waals surface area (Å²) in [5, 5.41) is 13.9. The number of rotatable bonds is 20. The van der Waals surface area contributed by atoms with Gasteiger partial charge in [0, 0.05) is 46.3 Å². The number of benzene rings is 2. The number of morpholine rings is 1. The van der Waals surface area contributed by atoms with Crippen molar-refractivity contribution in [3.05, 3.63) is 97.1 Å². The summed E-state index contributed by atoms with van der Waals surface area (Å²) < 4.78 is 24.2.